The standard InChI is InChI=1S/C12H13BrN2OS/c1-3-8(2)10-6-9-11(17-10)14-7-15(5-4-13)12(9)16/h3,6-8H,1,4-5H2,2H3. The molecule has 90 valence electrons. The number of thiophene rings is 1. The molecule has 0 aliphatic heterocycles. The van der Waals surface area contributed by atoms with Crippen LogP contribution >= 0.6 is 27.3 Å². The van der Waals surface area contributed by atoms with E-state index in [1.54, 1.807) is 22.2 Å². The van der Waals surface area contributed by atoms with Crippen LogP contribution in [0.25, 0.3) is 10.2 Å². The van der Waals surface area contributed by atoms with E-state index in [-0.39, 0.29) is 11.5 Å². The van der Waals surface area contributed by atoms with Gasteiger partial charge in [-0.1, -0.05) is 28.9 Å². The number of allylic oxidation sites excluding steroid dienone is 1. The van der Waals surface area contributed by atoms with Gasteiger partial charge >= 0.3 is 0 Å². The van der Waals surface area contributed by atoms with Gasteiger partial charge in [0.15, 0.2) is 0 Å². The monoisotopic (exact) mass is 312 g/mol. The largest absolute Gasteiger partial charge is 0.298 e. The fourth-order valence-electron chi connectivity index (χ4n) is 1.57. The molecule has 0 saturated heterocycles. The summed E-state index contributed by atoms with van der Waals surface area (Å²) in [5, 5.41) is 1.46. The molecule has 0 aromatic carbocycles. The summed E-state index contributed by atoms with van der Waals surface area (Å²) in [7, 11) is 0. The number of fused-ring (bicyclic) bond motifs is 1. The summed E-state index contributed by atoms with van der Waals surface area (Å²) in [5.41, 5.74) is 0.0354. The molecular formula is C12H13BrN2OS. The number of rotatable bonds is 4. The maximum absolute atomic E-state index is 12.1. The van der Waals surface area contributed by atoms with E-state index in [2.05, 4.69) is 34.4 Å². The van der Waals surface area contributed by atoms with E-state index in [4.69, 9.17) is 0 Å². The van der Waals surface area contributed by atoms with Crippen LogP contribution in [-0.4, -0.2) is 14.9 Å². The third-order valence-electron chi connectivity index (χ3n) is 2.66. The normalized spacial score (nSPS) is 12.8. The summed E-state index contributed by atoms with van der Waals surface area (Å²) < 4.78 is 1.63. The van der Waals surface area contributed by atoms with Crippen molar-refractivity contribution in [3.05, 3.63) is 40.3 Å². The predicted octanol–water partition coefficient (Wildman–Crippen LogP) is 3.14. The number of alkyl halides is 1. The van der Waals surface area contributed by atoms with Crippen molar-refractivity contribution in [3.8, 4) is 0 Å². The van der Waals surface area contributed by atoms with E-state index in [9.17, 15) is 4.79 Å². The van der Waals surface area contributed by atoms with Crippen LogP contribution in [0.2, 0.25) is 0 Å². The molecule has 0 spiro atoms. The predicted molar refractivity (Wildman–Crippen MR) is 76.3 cm³/mol. The van der Waals surface area contributed by atoms with Gasteiger partial charge in [-0.25, -0.2) is 4.98 Å². The van der Waals surface area contributed by atoms with E-state index in [0.717, 1.165) is 15.0 Å². The minimum atomic E-state index is 0.0354. The van der Waals surface area contributed by atoms with Gasteiger partial charge < -0.3 is 0 Å². The van der Waals surface area contributed by atoms with Crippen molar-refractivity contribution in [1.29, 1.82) is 0 Å². The molecule has 0 saturated carbocycles. The van der Waals surface area contributed by atoms with Gasteiger partial charge in [-0.15, -0.1) is 17.9 Å². The SMILES string of the molecule is C=CC(C)c1cc2c(=O)n(CCBr)cnc2s1. The molecule has 2 aromatic rings. The van der Waals surface area contributed by atoms with Crippen LogP contribution in [0.1, 0.15) is 17.7 Å². The van der Waals surface area contributed by atoms with Gasteiger partial charge in [0.05, 0.1) is 11.7 Å². The fourth-order valence-corrected chi connectivity index (χ4v) is 2.99. The molecule has 1 atom stereocenters. The highest BCUT2D eigenvalue weighted by Crippen LogP contribution is 2.28. The van der Waals surface area contributed by atoms with Crippen LogP contribution in [0.5, 0.6) is 0 Å². The Morgan fingerprint density at radius 1 is 1.71 bits per heavy atom. The highest BCUT2D eigenvalue weighted by atomic mass is 79.9. The fraction of sp³-hybridized carbons (Fsp3) is 0.333. The second-order valence-electron chi connectivity index (χ2n) is 3.82. The minimum absolute atomic E-state index is 0.0354. The zero-order valence-corrected chi connectivity index (χ0v) is 11.9. The Hall–Kier alpha value is -0.940. The number of nitrogens with zero attached hydrogens (tertiary/aromatic N) is 2. The van der Waals surface area contributed by atoms with Crippen LogP contribution < -0.4 is 5.56 Å². The summed E-state index contributed by atoms with van der Waals surface area (Å²) in [6.07, 6.45) is 3.49. The minimum Gasteiger partial charge on any atom is -0.298 e. The maximum Gasteiger partial charge on any atom is 0.262 e. The van der Waals surface area contributed by atoms with Gasteiger partial charge in [-0.2, -0.15) is 0 Å². The average molecular weight is 313 g/mol. The van der Waals surface area contributed by atoms with Crippen molar-refractivity contribution in [2.75, 3.05) is 5.33 Å². The topological polar surface area (TPSA) is 34.9 Å². The number of halogens is 1. The summed E-state index contributed by atoms with van der Waals surface area (Å²) >= 11 is 4.89. The quantitative estimate of drug-likeness (QED) is 0.642. The lowest BCUT2D eigenvalue weighted by molar-refractivity contribution is 0.729. The number of aromatic nitrogens is 2. The molecule has 2 heterocycles. The molecule has 5 heteroatoms. The molecular weight excluding hydrogens is 300 g/mol. The van der Waals surface area contributed by atoms with Crippen molar-refractivity contribution in [2.45, 2.75) is 19.4 Å². The van der Waals surface area contributed by atoms with Crippen LogP contribution in [-0.2, 0) is 6.54 Å². The zero-order chi connectivity index (χ0) is 12.4. The van der Waals surface area contributed by atoms with Crippen LogP contribution in [0.15, 0.2) is 29.8 Å². The van der Waals surface area contributed by atoms with E-state index in [0.29, 0.717) is 11.9 Å². The van der Waals surface area contributed by atoms with Gasteiger partial charge in [-0.3, -0.25) is 9.36 Å². The Morgan fingerprint density at radius 2 is 2.47 bits per heavy atom. The Labute approximate surface area is 112 Å². The first-order valence-corrected chi connectivity index (χ1v) is 7.28. The molecule has 2 rings (SSSR count). The first kappa shape index (κ1) is 12.5. The van der Waals surface area contributed by atoms with E-state index >= 15 is 0 Å². The summed E-state index contributed by atoms with van der Waals surface area (Å²) in [6, 6.07) is 1.94. The zero-order valence-electron chi connectivity index (χ0n) is 9.52. The molecule has 0 amide bonds. The van der Waals surface area contributed by atoms with Gasteiger partial charge in [-0.05, 0) is 6.07 Å². The smallest absolute Gasteiger partial charge is 0.262 e. The van der Waals surface area contributed by atoms with Crippen molar-refractivity contribution >= 4 is 37.5 Å². The third kappa shape index (κ3) is 2.35. The molecule has 1 unspecified atom stereocenters. The lowest BCUT2D eigenvalue weighted by atomic mass is 10.1. The number of hydrogen-bond donors (Lipinski definition) is 0. The summed E-state index contributed by atoms with van der Waals surface area (Å²) in [6.45, 7) is 6.48. The lowest BCUT2D eigenvalue weighted by Gasteiger charge is -2.00. The second-order valence-corrected chi connectivity index (χ2v) is 5.68. The molecule has 0 aliphatic rings. The Balaban J connectivity index is 2.58. The van der Waals surface area contributed by atoms with Crippen molar-refractivity contribution in [3.63, 3.8) is 0 Å². The Kier molecular flexibility index (Phi) is 3.79. The molecule has 2 aromatic heterocycles. The van der Waals surface area contributed by atoms with Crippen LogP contribution in [0.3, 0.4) is 0 Å². The molecule has 0 N–H and O–H groups in total. The van der Waals surface area contributed by atoms with Gasteiger partial charge in [0, 0.05) is 22.7 Å². The third-order valence-corrected chi connectivity index (χ3v) is 4.26. The van der Waals surface area contributed by atoms with Crippen molar-refractivity contribution in [1.82, 2.24) is 9.55 Å². The first-order chi connectivity index (χ1) is 8.17. The van der Waals surface area contributed by atoms with Crippen LogP contribution in [0.4, 0.5) is 0 Å². The number of aryl methyl sites for hydroxylation is 1. The van der Waals surface area contributed by atoms with Gasteiger partial charge in [0.25, 0.3) is 5.56 Å². The Bertz CT molecular complexity index is 602. The van der Waals surface area contributed by atoms with E-state index in [1.165, 1.54) is 0 Å². The van der Waals surface area contributed by atoms with Crippen molar-refractivity contribution < 1.29 is 0 Å². The maximum atomic E-state index is 12.1. The molecule has 0 fully saturated rings. The molecule has 0 aliphatic carbocycles. The lowest BCUT2D eigenvalue weighted by Crippen LogP contribution is -2.20. The van der Waals surface area contributed by atoms with E-state index < -0.39 is 0 Å². The van der Waals surface area contributed by atoms with Crippen LogP contribution in [0, 0.1) is 0 Å². The summed E-state index contributed by atoms with van der Waals surface area (Å²) in [4.78, 5) is 18.4. The molecule has 0 radical (unpaired) electrons. The molecule has 0 bridgehead atoms. The molecule has 17 heavy (non-hydrogen) atoms. The van der Waals surface area contributed by atoms with Crippen molar-refractivity contribution in [2.24, 2.45) is 0 Å². The highest BCUT2D eigenvalue weighted by Gasteiger charge is 2.11. The average Bonchev–Trinajstić information content (AvgIpc) is 2.77. The van der Waals surface area contributed by atoms with Gasteiger partial charge in [0.2, 0.25) is 0 Å². The van der Waals surface area contributed by atoms with E-state index in [1.807, 2.05) is 12.1 Å². The van der Waals surface area contributed by atoms with Gasteiger partial charge in [0.1, 0.15) is 4.83 Å². The highest BCUT2D eigenvalue weighted by molar-refractivity contribution is 9.09. The number of hydrogen-bond acceptors (Lipinski definition) is 3. The Morgan fingerprint density at radius 3 is 3.12 bits per heavy atom. The first-order valence-electron chi connectivity index (χ1n) is 5.34. The second kappa shape index (κ2) is 5.14. The molecule has 3 nitrogen and oxygen atoms in total. The summed E-state index contributed by atoms with van der Waals surface area (Å²) in [5.74, 6) is 0.262.